The molecular formula is C12H15FN4O. The number of rotatable bonds is 5. The minimum absolute atomic E-state index is 0.187. The zero-order valence-electron chi connectivity index (χ0n) is 10.3. The highest BCUT2D eigenvalue weighted by Gasteiger charge is 2.08. The van der Waals surface area contributed by atoms with Crippen LogP contribution in [0.5, 0.6) is 0 Å². The molecule has 2 aromatic rings. The predicted molar refractivity (Wildman–Crippen MR) is 66.1 cm³/mol. The first-order chi connectivity index (χ1) is 8.69. The quantitative estimate of drug-likeness (QED) is 0.853. The summed E-state index contributed by atoms with van der Waals surface area (Å²) in [6, 6.07) is 4.97. The van der Waals surface area contributed by atoms with Gasteiger partial charge in [0.2, 0.25) is 5.89 Å². The van der Waals surface area contributed by atoms with Gasteiger partial charge in [-0.1, -0.05) is 18.1 Å². The predicted octanol–water partition coefficient (Wildman–Crippen LogP) is 2.37. The summed E-state index contributed by atoms with van der Waals surface area (Å²) >= 11 is 0. The third-order valence-electron chi connectivity index (χ3n) is 2.36. The molecule has 0 bridgehead atoms. The second kappa shape index (κ2) is 5.59. The molecule has 18 heavy (non-hydrogen) atoms. The molecule has 0 spiro atoms. The van der Waals surface area contributed by atoms with Crippen LogP contribution in [0.3, 0.4) is 0 Å². The fraction of sp³-hybridized carbons (Fsp3) is 0.333. The molecule has 0 aliphatic heterocycles. The van der Waals surface area contributed by atoms with Crippen molar-refractivity contribution in [2.45, 2.75) is 20.4 Å². The summed E-state index contributed by atoms with van der Waals surface area (Å²) in [6.45, 7) is 5.19. The summed E-state index contributed by atoms with van der Waals surface area (Å²) in [7, 11) is 0. The Morgan fingerprint density at radius 2 is 2.17 bits per heavy atom. The van der Waals surface area contributed by atoms with Gasteiger partial charge in [0.15, 0.2) is 0 Å². The van der Waals surface area contributed by atoms with Crippen LogP contribution in [0.2, 0.25) is 0 Å². The highest BCUT2D eigenvalue weighted by Crippen LogP contribution is 2.20. The normalized spacial score (nSPS) is 10.6. The molecule has 0 fully saturated rings. The Morgan fingerprint density at radius 1 is 1.33 bits per heavy atom. The van der Waals surface area contributed by atoms with Gasteiger partial charge in [-0.3, -0.25) is 0 Å². The number of aryl methyl sites for hydroxylation is 1. The molecule has 1 heterocycles. The van der Waals surface area contributed by atoms with Crippen LogP contribution >= 0.6 is 0 Å². The second-order valence-corrected chi connectivity index (χ2v) is 3.89. The van der Waals surface area contributed by atoms with E-state index >= 15 is 0 Å². The molecule has 2 N–H and O–H groups in total. The maximum Gasteiger partial charge on any atom is 0.320 e. The van der Waals surface area contributed by atoms with Crippen molar-refractivity contribution >= 4 is 11.7 Å². The fourth-order valence-electron chi connectivity index (χ4n) is 1.46. The smallest absolute Gasteiger partial charge is 0.320 e. The van der Waals surface area contributed by atoms with Gasteiger partial charge in [-0.05, 0) is 31.2 Å². The van der Waals surface area contributed by atoms with E-state index in [1.54, 1.807) is 12.1 Å². The van der Waals surface area contributed by atoms with E-state index in [0.717, 1.165) is 12.1 Å². The first-order valence-corrected chi connectivity index (χ1v) is 5.75. The molecule has 6 heteroatoms. The van der Waals surface area contributed by atoms with Crippen molar-refractivity contribution in [1.82, 2.24) is 15.5 Å². The lowest BCUT2D eigenvalue weighted by molar-refractivity contribution is 0.484. The highest BCUT2D eigenvalue weighted by molar-refractivity contribution is 5.54. The minimum atomic E-state index is -0.355. The van der Waals surface area contributed by atoms with E-state index in [-0.39, 0.29) is 11.8 Å². The molecule has 0 saturated heterocycles. The number of anilines is 2. The van der Waals surface area contributed by atoms with Gasteiger partial charge in [-0.2, -0.15) is 0 Å². The zero-order valence-corrected chi connectivity index (χ0v) is 10.3. The number of hydrogen-bond acceptors (Lipinski definition) is 5. The number of nitrogens with one attached hydrogen (secondary N) is 2. The maximum atomic E-state index is 13.5. The molecule has 5 nitrogen and oxygen atoms in total. The van der Waals surface area contributed by atoms with Gasteiger partial charge in [0.05, 0.1) is 12.2 Å². The average Bonchev–Trinajstić information content (AvgIpc) is 2.79. The van der Waals surface area contributed by atoms with Crippen LogP contribution in [0.25, 0.3) is 0 Å². The molecular weight excluding hydrogens is 235 g/mol. The molecule has 2 rings (SSSR count). The Labute approximate surface area is 104 Å². The van der Waals surface area contributed by atoms with Crippen LogP contribution < -0.4 is 10.6 Å². The number of nitrogens with zero attached hydrogens (tertiary/aromatic N) is 2. The van der Waals surface area contributed by atoms with Gasteiger partial charge in [0.25, 0.3) is 0 Å². The highest BCUT2D eigenvalue weighted by atomic mass is 19.1. The van der Waals surface area contributed by atoms with Crippen molar-refractivity contribution in [3.8, 4) is 0 Å². The third kappa shape index (κ3) is 3.04. The Kier molecular flexibility index (Phi) is 3.88. The topological polar surface area (TPSA) is 63.0 Å². The lowest BCUT2D eigenvalue weighted by Crippen LogP contribution is -2.11. The third-order valence-corrected chi connectivity index (χ3v) is 2.36. The van der Waals surface area contributed by atoms with E-state index in [9.17, 15) is 4.39 Å². The van der Waals surface area contributed by atoms with Crippen LogP contribution in [0.4, 0.5) is 16.1 Å². The van der Waals surface area contributed by atoms with Crippen LogP contribution in [0.15, 0.2) is 22.6 Å². The Morgan fingerprint density at radius 3 is 2.94 bits per heavy atom. The molecule has 0 aliphatic carbocycles. The van der Waals surface area contributed by atoms with Gasteiger partial charge in [-0.25, -0.2) is 4.39 Å². The van der Waals surface area contributed by atoms with E-state index in [1.807, 2.05) is 13.8 Å². The molecule has 96 valence electrons. The van der Waals surface area contributed by atoms with Gasteiger partial charge in [-0.15, -0.1) is 5.10 Å². The first kappa shape index (κ1) is 12.5. The van der Waals surface area contributed by atoms with Crippen molar-refractivity contribution < 1.29 is 8.81 Å². The Hall–Kier alpha value is -1.95. The van der Waals surface area contributed by atoms with Gasteiger partial charge < -0.3 is 15.1 Å². The number of hydrogen-bond donors (Lipinski definition) is 2. The molecule has 0 radical (unpaired) electrons. The average molecular weight is 250 g/mol. The SMILES string of the molecule is CCNCc1nnc(Nc2cc(C)ccc2F)o1. The molecule has 1 aromatic carbocycles. The van der Waals surface area contributed by atoms with Crippen LogP contribution in [-0.4, -0.2) is 16.7 Å². The monoisotopic (exact) mass is 250 g/mol. The molecule has 0 saturated carbocycles. The van der Waals surface area contributed by atoms with Crippen molar-refractivity contribution in [1.29, 1.82) is 0 Å². The maximum absolute atomic E-state index is 13.5. The lowest BCUT2D eigenvalue weighted by atomic mass is 10.2. The molecule has 0 unspecified atom stereocenters. The van der Waals surface area contributed by atoms with E-state index < -0.39 is 0 Å². The summed E-state index contributed by atoms with van der Waals surface area (Å²) in [5, 5.41) is 13.5. The van der Waals surface area contributed by atoms with Crippen LogP contribution in [-0.2, 0) is 6.54 Å². The van der Waals surface area contributed by atoms with Crippen molar-refractivity contribution in [2.75, 3.05) is 11.9 Å². The van der Waals surface area contributed by atoms with E-state index in [2.05, 4.69) is 20.8 Å². The van der Waals surface area contributed by atoms with E-state index in [1.165, 1.54) is 6.07 Å². The summed E-state index contributed by atoms with van der Waals surface area (Å²) in [5.41, 5.74) is 1.28. The van der Waals surface area contributed by atoms with Crippen molar-refractivity contribution in [3.63, 3.8) is 0 Å². The summed E-state index contributed by atoms with van der Waals surface area (Å²) in [6.07, 6.45) is 0. The van der Waals surface area contributed by atoms with Gasteiger partial charge >= 0.3 is 6.01 Å². The standard InChI is InChI=1S/C12H15FN4O/c1-3-14-7-11-16-17-12(18-11)15-10-6-8(2)4-5-9(10)13/h4-6,14H,3,7H2,1-2H3,(H,15,17). The number of aromatic nitrogens is 2. The number of benzene rings is 1. The van der Waals surface area contributed by atoms with Crippen LogP contribution in [0, 0.1) is 12.7 Å². The summed E-state index contributed by atoms with van der Waals surface area (Å²) in [4.78, 5) is 0. The molecule has 0 amide bonds. The van der Waals surface area contributed by atoms with Gasteiger partial charge in [0.1, 0.15) is 5.82 Å². The summed E-state index contributed by atoms with van der Waals surface area (Å²) in [5.74, 6) is 0.111. The van der Waals surface area contributed by atoms with Crippen molar-refractivity contribution in [3.05, 3.63) is 35.5 Å². The first-order valence-electron chi connectivity index (χ1n) is 5.75. The van der Waals surface area contributed by atoms with E-state index in [4.69, 9.17) is 4.42 Å². The minimum Gasteiger partial charge on any atom is -0.406 e. The van der Waals surface area contributed by atoms with Crippen LogP contribution in [0.1, 0.15) is 18.4 Å². The second-order valence-electron chi connectivity index (χ2n) is 3.89. The zero-order chi connectivity index (χ0) is 13.0. The number of halogens is 1. The molecule has 0 aliphatic rings. The molecule has 1 aromatic heterocycles. The Bertz CT molecular complexity index is 527. The summed E-state index contributed by atoms with van der Waals surface area (Å²) < 4.78 is 18.8. The Balaban J connectivity index is 2.08. The largest absolute Gasteiger partial charge is 0.406 e. The van der Waals surface area contributed by atoms with Gasteiger partial charge in [0, 0.05) is 0 Å². The molecule has 0 atom stereocenters. The van der Waals surface area contributed by atoms with E-state index in [0.29, 0.717) is 18.1 Å². The lowest BCUT2D eigenvalue weighted by Gasteiger charge is -2.03. The van der Waals surface area contributed by atoms with Crippen molar-refractivity contribution in [2.24, 2.45) is 0 Å². The fourth-order valence-corrected chi connectivity index (χ4v) is 1.46.